The molecule has 0 saturated carbocycles. The van der Waals surface area contributed by atoms with Crippen LogP contribution in [0.15, 0.2) is 42.9 Å². The van der Waals surface area contributed by atoms with Crippen LogP contribution >= 0.6 is 0 Å². The first kappa shape index (κ1) is 16.9. The summed E-state index contributed by atoms with van der Waals surface area (Å²) in [6, 6.07) is 7.00. The zero-order valence-corrected chi connectivity index (χ0v) is 14.2. The molecule has 3 rings (SSSR count). The molecule has 0 aliphatic carbocycles. The Kier molecular flexibility index (Phi) is 4.65. The van der Waals surface area contributed by atoms with Crippen LogP contribution in [0, 0.1) is 0 Å². The van der Waals surface area contributed by atoms with Crippen LogP contribution in [0.3, 0.4) is 0 Å². The average molecular weight is 340 g/mol. The number of carbonyl (C=O) groups excluding carboxylic acids is 2. The Balaban J connectivity index is 2.10. The Morgan fingerprint density at radius 1 is 1.28 bits per heavy atom. The Morgan fingerprint density at radius 3 is 2.76 bits per heavy atom. The fourth-order valence-corrected chi connectivity index (χ4v) is 3.40. The summed E-state index contributed by atoms with van der Waals surface area (Å²) in [5.74, 6) is -0.0534. The highest BCUT2D eigenvalue weighted by Gasteiger charge is 2.52. The molecule has 0 spiro atoms. The number of benzene rings is 1. The lowest BCUT2D eigenvalue weighted by Crippen LogP contribution is -2.55. The van der Waals surface area contributed by atoms with Crippen molar-refractivity contribution in [1.82, 2.24) is 20.2 Å². The van der Waals surface area contributed by atoms with Gasteiger partial charge in [-0.1, -0.05) is 12.1 Å². The molecule has 1 aromatic heterocycles. The van der Waals surface area contributed by atoms with Crippen molar-refractivity contribution in [3.8, 4) is 5.75 Å². The summed E-state index contributed by atoms with van der Waals surface area (Å²) < 4.78 is 5.31. The molecule has 1 aromatic carbocycles. The largest absolute Gasteiger partial charge is 0.496 e. The zero-order valence-electron chi connectivity index (χ0n) is 14.2. The van der Waals surface area contributed by atoms with Crippen LogP contribution in [-0.4, -0.2) is 47.4 Å². The van der Waals surface area contributed by atoms with Gasteiger partial charge in [0.05, 0.1) is 24.6 Å². The predicted octanol–water partition coefficient (Wildman–Crippen LogP) is 1.36. The zero-order chi connectivity index (χ0) is 17.9. The molecule has 2 aromatic rings. The molecule has 1 atom stereocenters. The minimum Gasteiger partial charge on any atom is -0.496 e. The summed E-state index contributed by atoms with van der Waals surface area (Å²) in [5, 5.41) is 2.68. The van der Waals surface area contributed by atoms with E-state index in [2.05, 4.69) is 15.3 Å². The molecule has 2 amide bonds. The van der Waals surface area contributed by atoms with Crippen molar-refractivity contribution in [1.29, 1.82) is 0 Å². The van der Waals surface area contributed by atoms with Gasteiger partial charge in [0.1, 0.15) is 5.75 Å². The van der Waals surface area contributed by atoms with Crippen molar-refractivity contribution < 1.29 is 14.3 Å². The van der Waals surface area contributed by atoms with Crippen molar-refractivity contribution >= 4 is 11.8 Å². The van der Waals surface area contributed by atoms with Gasteiger partial charge in [0.25, 0.3) is 11.8 Å². The molecule has 7 nitrogen and oxygen atoms in total. The molecule has 1 N–H and O–H groups in total. The number of nitrogens with one attached hydrogen (secondary N) is 1. The van der Waals surface area contributed by atoms with Crippen LogP contribution in [-0.2, 0) is 10.3 Å². The number of likely N-dealkylation sites (N-methyl/N-ethyl adjacent to an activating group) is 1. The predicted molar refractivity (Wildman–Crippen MR) is 91.0 cm³/mol. The van der Waals surface area contributed by atoms with Crippen molar-refractivity contribution in [2.75, 3.05) is 20.7 Å². The molecule has 7 heteroatoms. The molecule has 0 unspecified atom stereocenters. The molecule has 130 valence electrons. The third-order valence-electron chi connectivity index (χ3n) is 4.55. The van der Waals surface area contributed by atoms with Crippen molar-refractivity contribution in [2.24, 2.45) is 0 Å². The smallest absolute Gasteiger partial charge is 0.258 e. The number of ether oxygens (including phenoxy) is 1. The second-order valence-electron chi connectivity index (χ2n) is 5.79. The highest BCUT2D eigenvalue weighted by Crippen LogP contribution is 2.39. The van der Waals surface area contributed by atoms with Gasteiger partial charge in [0.15, 0.2) is 5.54 Å². The monoisotopic (exact) mass is 340 g/mol. The van der Waals surface area contributed by atoms with Crippen LogP contribution in [0.2, 0.25) is 0 Å². The number of aromatic nitrogens is 2. The van der Waals surface area contributed by atoms with Gasteiger partial charge < -0.3 is 15.0 Å². The van der Waals surface area contributed by atoms with E-state index in [1.54, 1.807) is 48.6 Å². The second kappa shape index (κ2) is 6.88. The number of nitrogens with zero attached hydrogens (tertiary/aromatic N) is 3. The average Bonchev–Trinajstić information content (AvgIpc) is 3.13. The van der Waals surface area contributed by atoms with Crippen LogP contribution < -0.4 is 10.1 Å². The SMILES string of the molecule is CNC(=O)[C@@]1(c2cnccn2)CCCN1C(=O)c1ccccc1OC. The van der Waals surface area contributed by atoms with E-state index in [9.17, 15) is 9.59 Å². The highest BCUT2D eigenvalue weighted by atomic mass is 16.5. The van der Waals surface area contributed by atoms with Gasteiger partial charge in [-0.25, -0.2) is 0 Å². The van der Waals surface area contributed by atoms with Gasteiger partial charge in [-0.2, -0.15) is 0 Å². The van der Waals surface area contributed by atoms with E-state index in [0.29, 0.717) is 36.4 Å². The first-order valence-corrected chi connectivity index (χ1v) is 8.09. The van der Waals surface area contributed by atoms with Gasteiger partial charge in [0.2, 0.25) is 0 Å². The van der Waals surface area contributed by atoms with E-state index in [1.165, 1.54) is 13.3 Å². The summed E-state index contributed by atoms with van der Waals surface area (Å²) in [6.45, 7) is 0.459. The Hall–Kier alpha value is -2.96. The molecule has 1 fully saturated rings. The van der Waals surface area contributed by atoms with E-state index >= 15 is 0 Å². The molecule has 1 aliphatic rings. The number of carbonyl (C=O) groups is 2. The van der Waals surface area contributed by atoms with Crippen LogP contribution in [0.5, 0.6) is 5.75 Å². The third kappa shape index (κ3) is 2.71. The lowest BCUT2D eigenvalue weighted by molar-refractivity contribution is -0.131. The minimum absolute atomic E-state index is 0.260. The highest BCUT2D eigenvalue weighted by molar-refractivity contribution is 6.01. The maximum atomic E-state index is 13.3. The van der Waals surface area contributed by atoms with Gasteiger partial charge in [-0.3, -0.25) is 19.6 Å². The second-order valence-corrected chi connectivity index (χ2v) is 5.79. The summed E-state index contributed by atoms with van der Waals surface area (Å²) in [4.78, 5) is 36.1. The van der Waals surface area contributed by atoms with E-state index in [-0.39, 0.29) is 11.8 Å². The van der Waals surface area contributed by atoms with Gasteiger partial charge >= 0.3 is 0 Å². The van der Waals surface area contributed by atoms with Crippen molar-refractivity contribution in [2.45, 2.75) is 18.4 Å². The first-order chi connectivity index (χ1) is 12.1. The molecule has 25 heavy (non-hydrogen) atoms. The van der Waals surface area contributed by atoms with Crippen molar-refractivity contribution in [3.63, 3.8) is 0 Å². The Labute approximate surface area is 146 Å². The van der Waals surface area contributed by atoms with Crippen molar-refractivity contribution in [3.05, 3.63) is 54.1 Å². The molecule has 1 aliphatic heterocycles. The molecule has 2 heterocycles. The fraction of sp³-hybridized carbons (Fsp3) is 0.333. The first-order valence-electron chi connectivity index (χ1n) is 8.09. The molecular weight excluding hydrogens is 320 g/mol. The normalized spacial score (nSPS) is 19.5. The molecule has 1 saturated heterocycles. The summed E-state index contributed by atoms with van der Waals surface area (Å²) >= 11 is 0. The number of methoxy groups -OCH3 is 1. The number of hydrogen-bond donors (Lipinski definition) is 1. The molecule has 0 radical (unpaired) electrons. The number of likely N-dealkylation sites (tertiary alicyclic amines) is 1. The van der Waals surface area contributed by atoms with Crippen LogP contribution in [0.4, 0.5) is 0 Å². The van der Waals surface area contributed by atoms with Crippen LogP contribution in [0.1, 0.15) is 28.9 Å². The van der Waals surface area contributed by atoms with Gasteiger partial charge in [-0.15, -0.1) is 0 Å². The van der Waals surface area contributed by atoms with E-state index in [1.807, 2.05) is 0 Å². The number of hydrogen-bond acceptors (Lipinski definition) is 5. The van der Waals surface area contributed by atoms with E-state index in [0.717, 1.165) is 0 Å². The lowest BCUT2D eigenvalue weighted by atomic mass is 9.90. The third-order valence-corrected chi connectivity index (χ3v) is 4.55. The Morgan fingerprint density at radius 2 is 2.08 bits per heavy atom. The maximum Gasteiger partial charge on any atom is 0.258 e. The maximum absolute atomic E-state index is 13.3. The quantitative estimate of drug-likeness (QED) is 0.908. The van der Waals surface area contributed by atoms with Gasteiger partial charge in [-0.05, 0) is 25.0 Å². The Bertz CT molecular complexity index is 781. The number of amides is 2. The van der Waals surface area contributed by atoms with E-state index < -0.39 is 5.54 Å². The summed E-state index contributed by atoms with van der Waals surface area (Å²) in [5.41, 5.74) is -0.278. The van der Waals surface area contributed by atoms with Crippen LogP contribution in [0.25, 0.3) is 0 Å². The summed E-state index contributed by atoms with van der Waals surface area (Å²) in [6.07, 6.45) is 5.81. The molecule has 0 bridgehead atoms. The van der Waals surface area contributed by atoms with Gasteiger partial charge in [0, 0.05) is 26.0 Å². The number of rotatable bonds is 4. The number of para-hydroxylation sites is 1. The topological polar surface area (TPSA) is 84.4 Å². The summed E-state index contributed by atoms with van der Waals surface area (Å²) in [7, 11) is 3.08. The van der Waals surface area contributed by atoms with E-state index in [4.69, 9.17) is 4.74 Å². The fourth-order valence-electron chi connectivity index (χ4n) is 3.40. The molecular formula is C18H20N4O3. The minimum atomic E-state index is -1.17. The standard InChI is InChI=1S/C18H20N4O3/c1-19-17(24)18(15-12-20-9-10-21-15)8-5-11-22(18)16(23)13-6-3-4-7-14(13)25-2/h3-4,6-7,9-10,12H,5,8,11H2,1-2H3,(H,19,24)/t18-/m0/s1. The lowest BCUT2D eigenvalue weighted by Gasteiger charge is -2.36.